The average molecular weight is 332 g/mol. The van der Waals surface area contributed by atoms with Gasteiger partial charge in [-0.1, -0.05) is 17.7 Å². The number of amides is 1. The van der Waals surface area contributed by atoms with E-state index in [0.29, 0.717) is 32.5 Å². The summed E-state index contributed by atoms with van der Waals surface area (Å²) in [5.74, 6) is 0.816. The molecule has 2 saturated heterocycles. The van der Waals surface area contributed by atoms with Crippen molar-refractivity contribution in [2.75, 3.05) is 39.8 Å². The van der Waals surface area contributed by atoms with Crippen LogP contribution in [0.25, 0.3) is 0 Å². The maximum absolute atomic E-state index is 12.7. The molecule has 2 heterocycles. The zero-order valence-corrected chi connectivity index (χ0v) is 14.8. The zero-order valence-electron chi connectivity index (χ0n) is 14.8. The fourth-order valence-electron chi connectivity index (χ4n) is 3.88. The predicted octanol–water partition coefficient (Wildman–Crippen LogP) is 1.61. The van der Waals surface area contributed by atoms with E-state index < -0.39 is 5.60 Å². The second-order valence-corrected chi connectivity index (χ2v) is 7.26. The number of benzene rings is 1. The lowest BCUT2D eigenvalue weighted by atomic mass is 10.0. The summed E-state index contributed by atoms with van der Waals surface area (Å²) >= 11 is 0. The van der Waals surface area contributed by atoms with Gasteiger partial charge in [0.05, 0.1) is 25.7 Å². The molecule has 5 heteroatoms. The first kappa shape index (κ1) is 17.2. The normalized spacial score (nSPS) is 24.5. The fourth-order valence-corrected chi connectivity index (χ4v) is 3.88. The zero-order chi connectivity index (χ0) is 17.2. The summed E-state index contributed by atoms with van der Waals surface area (Å²) in [6.45, 7) is 5.91. The van der Waals surface area contributed by atoms with Crippen molar-refractivity contribution in [3.63, 3.8) is 0 Å². The van der Waals surface area contributed by atoms with Crippen molar-refractivity contribution >= 4 is 5.91 Å². The van der Waals surface area contributed by atoms with Crippen molar-refractivity contribution in [2.24, 2.45) is 0 Å². The van der Waals surface area contributed by atoms with Crippen LogP contribution in [0.2, 0.25) is 0 Å². The van der Waals surface area contributed by atoms with E-state index in [0.717, 1.165) is 30.0 Å². The van der Waals surface area contributed by atoms with Gasteiger partial charge in [-0.05, 0) is 45.3 Å². The molecule has 24 heavy (non-hydrogen) atoms. The third kappa shape index (κ3) is 3.90. The number of methoxy groups -OCH3 is 1. The molecule has 1 aromatic rings. The first-order valence-electron chi connectivity index (χ1n) is 8.85. The Kier molecular flexibility index (Phi) is 5.11. The Morgan fingerprint density at radius 1 is 1.29 bits per heavy atom. The van der Waals surface area contributed by atoms with Gasteiger partial charge in [-0.2, -0.15) is 0 Å². The van der Waals surface area contributed by atoms with E-state index in [9.17, 15) is 9.90 Å². The first-order chi connectivity index (χ1) is 11.5. The molecule has 1 N–H and O–H groups in total. The van der Waals surface area contributed by atoms with E-state index in [1.165, 1.54) is 12.8 Å². The molecule has 1 amide bonds. The number of rotatable bonds is 5. The lowest BCUT2D eigenvalue weighted by Gasteiger charge is -2.28. The Hall–Kier alpha value is -1.59. The maximum Gasteiger partial charge on any atom is 0.227 e. The van der Waals surface area contributed by atoms with Gasteiger partial charge in [0.1, 0.15) is 5.75 Å². The molecule has 2 fully saturated rings. The van der Waals surface area contributed by atoms with Gasteiger partial charge in [0.15, 0.2) is 0 Å². The van der Waals surface area contributed by atoms with Crippen LogP contribution in [0.5, 0.6) is 5.75 Å². The standard InChI is InChI=1S/C19H28N2O3/c1-15-5-6-17(24-2)16(11-15)12-18(22)21-10-7-19(23,14-21)13-20-8-3-4-9-20/h5-6,11,23H,3-4,7-10,12-14H2,1-2H3/t19-/m0/s1. The Morgan fingerprint density at radius 2 is 2.04 bits per heavy atom. The molecule has 2 aliphatic rings. The molecule has 1 atom stereocenters. The van der Waals surface area contributed by atoms with Crippen LogP contribution in [0, 0.1) is 6.92 Å². The van der Waals surface area contributed by atoms with Crippen molar-refractivity contribution in [3.05, 3.63) is 29.3 Å². The molecule has 0 aromatic heterocycles. The Labute approximate surface area is 144 Å². The van der Waals surface area contributed by atoms with Gasteiger partial charge >= 0.3 is 0 Å². The average Bonchev–Trinajstić information content (AvgIpc) is 3.18. The molecule has 0 unspecified atom stereocenters. The Balaban J connectivity index is 1.61. The Morgan fingerprint density at radius 3 is 2.75 bits per heavy atom. The third-order valence-electron chi connectivity index (χ3n) is 5.18. The molecule has 0 saturated carbocycles. The van der Waals surface area contributed by atoms with Crippen LogP contribution in [0.4, 0.5) is 0 Å². The second kappa shape index (κ2) is 7.11. The van der Waals surface area contributed by atoms with Gasteiger partial charge in [-0.15, -0.1) is 0 Å². The number of likely N-dealkylation sites (tertiary alicyclic amines) is 2. The lowest BCUT2D eigenvalue weighted by Crippen LogP contribution is -2.45. The first-order valence-corrected chi connectivity index (χ1v) is 8.85. The van der Waals surface area contributed by atoms with Gasteiger partial charge in [0, 0.05) is 18.7 Å². The number of carbonyl (C=O) groups excluding carboxylic acids is 1. The van der Waals surface area contributed by atoms with Crippen LogP contribution < -0.4 is 4.74 Å². The molecular weight excluding hydrogens is 304 g/mol. The van der Waals surface area contributed by atoms with Crippen molar-refractivity contribution in [3.8, 4) is 5.75 Å². The topological polar surface area (TPSA) is 53.0 Å². The van der Waals surface area contributed by atoms with Gasteiger partial charge in [-0.3, -0.25) is 4.79 Å². The molecule has 3 rings (SSSR count). The highest BCUT2D eigenvalue weighted by molar-refractivity contribution is 5.80. The third-order valence-corrected chi connectivity index (χ3v) is 5.18. The monoisotopic (exact) mass is 332 g/mol. The highest BCUT2D eigenvalue weighted by Gasteiger charge is 2.39. The summed E-state index contributed by atoms with van der Waals surface area (Å²) in [6.07, 6.45) is 3.42. The van der Waals surface area contributed by atoms with Crippen molar-refractivity contribution in [1.82, 2.24) is 9.80 Å². The molecular formula is C19H28N2O3. The van der Waals surface area contributed by atoms with Gasteiger partial charge in [-0.25, -0.2) is 0 Å². The number of carbonyl (C=O) groups is 1. The molecule has 1 aromatic carbocycles. The number of ether oxygens (including phenoxy) is 1. The van der Waals surface area contributed by atoms with Crippen molar-refractivity contribution < 1.29 is 14.6 Å². The quantitative estimate of drug-likeness (QED) is 0.890. The summed E-state index contributed by atoms with van der Waals surface area (Å²) < 4.78 is 5.37. The highest BCUT2D eigenvalue weighted by atomic mass is 16.5. The molecule has 0 radical (unpaired) electrons. The smallest absolute Gasteiger partial charge is 0.227 e. The van der Waals surface area contributed by atoms with E-state index >= 15 is 0 Å². The summed E-state index contributed by atoms with van der Waals surface area (Å²) in [5.41, 5.74) is 1.28. The minimum Gasteiger partial charge on any atom is -0.496 e. The minimum atomic E-state index is -0.753. The Bertz CT molecular complexity index is 598. The van der Waals surface area contributed by atoms with E-state index in [1.54, 1.807) is 12.0 Å². The van der Waals surface area contributed by atoms with E-state index in [4.69, 9.17) is 4.74 Å². The van der Waals surface area contributed by atoms with Gasteiger partial charge < -0.3 is 19.6 Å². The van der Waals surface area contributed by atoms with Crippen LogP contribution in [0.3, 0.4) is 0 Å². The largest absolute Gasteiger partial charge is 0.496 e. The fraction of sp³-hybridized carbons (Fsp3) is 0.632. The summed E-state index contributed by atoms with van der Waals surface area (Å²) in [4.78, 5) is 16.8. The SMILES string of the molecule is COc1ccc(C)cc1CC(=O)N1CC[C@](O)(CN2CCCC2)C1. The number of β-amino-alcohol motifs (C(OH)–C–C–N with tert-alkyl or cyclic N) is 1. The molecule has 0 spiro atoms. The number of hydrogen-bond donors (Lipinski definition) is 1. The maximum atomic E-state index is 12.7. The number of aryl methyl sites for hydroxylation is 1. The van der Waals surface area contributed by atoms with Crippen molar-refractivity contribution in [2.45, 2.75) is 38.2 Å². The molecule has 132 valence electrons. The van der Waals surface area contributed by atoms with Crippen LogP contribution >= 0.6 is 0 Å². The molecule has 5 nitrogen and oxygen atoms in total. The van der Waals surface area contributed by atoms with Crippen LogP contribution in [-0.2, 0) is 11.2 Å². The highest BCUT2D eigenvalue weighted by Crippen LogP contribution is 2.26. The summed E-state index contributed by atoms with van der Waals surface area (Å²) in [7, 11) is 1.63. The summed E-state index contributed by atoms with van der Waals surface area (Å²) in [6, 6.07) is 5.90. The summed E-state index contributed by atoms with van der Waals surface area (Å²) in [5, 5.41) is 10.8. The minimum absolute atomic E-state index is 0.0660. The molecule has 2 aliphatic heterocycles. The van der Waals surface area contributed by atoms with E-state index in [2.05, 4.69) is 4.90 Å². The lowest BCUT2D eigenvalue weighted by molar-refractivity contribution is -0.130. The molecule has 0 aliphatic carbocycles. The van der Waals surface area contributed by atoms with Gasteiger partial charge in [0.25, 0.3) is 0 Å². The molecule has 0 bridgehead atoms. The van der Waals surface area contributed by atoms with Crippen molar-refractivity contribution in [1.29, 1.82) is 0 Å². The predicted molar refractivity (Wildman–Crippen MR) is 93.3 cm³/mol. The van der Waals surface area contributed by atoms with Gasteiger partial charge in [0.2, 0.25) is 5.91 Å². The van der Waals surface area contributed by atoms with E-state index in [-0.39, 0.29) is 5.91 Å². The number of aliphatic hydroxyl groups is 1. The van der Waals surface area contributed by atoms with Crippen LogP contribution in [0.1, 0.15) is 30.4 Å². The second-order valence-electron chi connectivity index (χ2n) is 7.26. The van der Waals surface area contributed by atoms with Crippen LogP contribution in [0.15, 0.2) is 18.2 Å². The number of hydrogen-bond acceptors (Lipinski definition) is 4. The van der Waals surface area contributed by atoms with E-state index in [1.807, 2.05) is 25.1 Å². The number of nitrogens with zero attached hydrogens (tertiary/aromatic N) is 2. The van der Waals surface area contributed by atoms with Crippen LogP contribution in [-0.4, -0.2) is 66.2 Å².